The summed E-state index contributed by atoms with van der Waals surface area (Å²) in [6, 6.07) is 0. The summed E-state index contributed by atoms with van der Waals surface area (Å²) in [7, 11) is 0. The molecule has 0 spiro atoms. The molecule has 1 atom stereocenters. The molecule has 1 fully saturated rings. The van der Waals surface area contributed by atoms with Crippen LogP contribution in [0, 0.1) is 0 Å². The van der Waals surface area contributed by atoms with Gasteiger partial charge in [0.15, 0.2) is 0 Å². The van der Waals surface area contributed by atoms with Gasteiger partial charge in [-0.1, -0.05) is 0 Å². The quantitative estimate of drug-likeness (QED) is 0.623. The summed E-state index contributed by atoms with van der Waals surface area (Å²) < 4.78 is 0. The Labute approximate surface area is 66.3 Å². The van der Waals surface area contributed by atoms with Crippen LogP contribution in [0.25, 0.3) is 0 Å². The molecule has 1 unspecified atom stereocenters. The average molecular weight is 158 g/mol. The molecule has 0 saturated carbocycles. The molecule has 0 radical (unpaired) electrons. The first kappa shape index (κ1) is 8.49. The number of carbonyl (C=O) groups is 1. The average Bonchev–Trinajstić information content (AvgIpc) is 2.32. The fourth-order valence-corrected chi connectivity index (χ4v) is 1.16. The molecule has 64 valence electrons. The second kappa shape index (κ2) is 3.69. The highest BCUT2D eigenvalue weighted by Crippen LogP contribution is 2.16. The van der Waals surface area contributed by atoms with Gasteiger partial charge in [-0.15, -0.1) is 0 Å². The van der Waals surface area contributed by atoms with E-state index in [0.717, 1.165) is 6.42 Å². The lowest BCUT2D eigenvalue weighted by molar-refractivity contribution is -0.171. The van der Waals surface area contributed by atoms with Crippen LogP contribution in [0.15, 0.2) is 0 Å². The van der Waals surface area contributed by atoms with Crippen molar-refractivity contribution in [1.29, 1.82) is 0 Å². The molecule has 0 aromatic carbocycles. The smallest absolute Gasteiger partial charge is 0.248 e. The Bertz CT molecular complexity index is 149. The number of nitrogens with two attached hydrogens (primary N) is 1. The number of hydroxylamine groups is 2. The van der Waals surface area contributed by atoms with Crippen LogP contribution < -0.4 is 5.73 Å². The molecule has 4 nitrogen and oxygen atoms in total. The normalized spacial score (nSPS) is 24.7. The van der Waals surface area contributed by atoms with E-state index in [4.69, 9.17) is 10.6 Å². The van der Waals surface area contributed by atoms with E-state index in [2.05, 4.69) is 0 Å². The molecule has 2 N–H and O–H groups in total. The summed E-state index contributed by atoms with van der Waals surface area (Å²) in [6.45, 7) is 3.10. The zero-order chi connectivity index (χ0) is 8.27. The first-order chi connectivity index (χ1) is 5.27. The molecule has 1 rings (SSSR count). The number of hydrogen-bond acceptors (Lipinski definition) is 3. The standard InChI is InChI=1S/C7H14N2O2/c1-2-9-7(10)5-6(11-9)3-4-8/h6H,2-5,8H2,1H3. The van der Waals surface area contributed by atoms with E-state index in [9.17, 15) is 4.79 Å². The number of nitrogens with zero attached hydrogens (tertiary/aromatic N) is 1. The van der Waals surface area contributed by atoms with Gasteiger partial charge in [-0.2, -0.15) is 0 Å². The molecule has 4 heteroatoms. The van der Waals surface area contributed by atoms with Crippen LogP contribution in [-0.2, 0) is 9.63 Å². The minimum Gasteiger partial charge on any atom is -0.330 e. The van der Waals surface area contributed by atoms with Crippen molar-refractivity contribution in [2.75, 3.05) is 13.1 Å². The first-order valence-electron chi connectivity index (χ1n) is 3.95. The lowest BCUT2D eigenvalue weighted by atomic mass is 10.2. The SMILES string of the molecule is CCN1OC(CCN)CC1=O. The van der Waals surface area contributed by atoms with Crippen molar-refractivity contribution in [2.45, 2.75) is 25.9 Å². The van der Waals surface area contributed by atoms with Gasteiger partial charge in [0.25, 0.3) is 0 Å². The van der Waals surface area contributed by atoms with E-state index < -0.39 is 0 Å². The van der Waals surface area contributed by atoms with Crippen molar-refractivity contribution in [3.05, 3.63) is 0 Å². The maximum absolute atomic E-state index is 11.1. The van der Waals surface area contributed by atoms with Crippen LogP contribution >= 0.6 is 0 Å². The van der Waals surface area contributed by atoms with Crippen molar-refractivity contribution >= 4 is 5.91 Å². The molecule has 0 aliphatic carbocycles. The van der Waals surface area contributed by atoms with Gasteiger partial charge in [0, 0.05) is 6.54 Å². The highest BCUT2D eigenvalue weighted by atomic mass is 16.7. The minimum absolute atomic E-state index is 0.0208. The Morgan fingerprint density at radius 3 is 3.00 bits per heavy atom. The van der Waals surface area contributed by atoms with Crippen LogP contribution in [0.5, 0.6) is 0 Å². The Morgan fingerprint density at radius 2 is 2.55 bits per heavy atom. The zero-order valence-electron chi connectivity index (χ0n) is 6.75. The van der Waals surface area contributed by atoms with Crippen molar-refractivity contribution in [3.8, 4) is 0 Å². The van der Waals surface area contributed by atoms with E-state index in [0.29, 0.717) is 19.5 Å². The third-order valence-electron chi connectivity index (χ3n) is 1.73. The maximum atomic E-state index is 11.1. The molecule has 0 aromatic rings. The van der Waals surface area contributed by atoms with Crippen molar-refractivity contribution in [3.63, 3.8) is 0 Å². The molecule has 1 aliphatic rings. The fourth-order valence-electron chi connectivity index (χ4n) is 1.16. The van der Waals surface area contributed by atoms with E-state index >= 15 is 0 Å². The van der Waals surface area contributed by atoms with E-state index in [1.54, 1.807) is 0 Å². The molecule has 1 heterocycles. The molecule has 1 aliphatic heterocycles. The summed E-state index contributed by atoms with van der Waals surface area (Å²) in [5.74, 6) is 0.0750. The Morgan fingerprint density at radius 1 is 1.82 bits per heavy atom. The predicted octanol–water partition coefficient (Wildman–Crippen LogP) is -0.112. The molecule has 0 bridgehead atoms. The lowest BCUT2D eigenvalue weighted by Crippen LogP contribution is -2.23. The van der Waals surface area contributed by atoms with E-state index in [1.165, 1.54) is 5.06 Å². The van der Waals surface area contributed by atoms with Gasteiger partial charge in [0.1, 0.15) is 0 Å². The summed E-state index contributed by atoms with van der Waals surface area (Å²) in [4.78, 5) is 16.3. The van der Waals surface area contributed by atoms with Crippen LogP contribution in [0.2, 0.25) is 0 Å². The monoisotopic (exact) mass is 158 g/mol. The van der Waals surface area contributed by atoms with Gasteiger partial charge in [-0.05, 0) is 19.9 Å². The Kier molecular flexibility index (Phi) is 2.84. The van der Waals surface area contributed by atoms with Gasteiger partial charge in [0.05, 0.1) is 12.5 Å². The number of carbonyl (C=O) groups excluding carboxylic acids is 1. The van der Waals surface area contributed by atoms with Crippen molar-refractivity contribution < 1.29 is 9.63 Å². The van der Waals surface area contributed by atoms with Crippen molar-refractivity contribution in [1.82, 2.24) is 5.06 Å². The molecular weight excluding hydrogens is 144 g/mol. The highest BCUT2D eigenvalue weighted by Gasteiger charge is 2.28. The molecular formula is C7H14N2O2. The maximum Gasteiger partial charge on any atom is 0.248 e. The van der Waals surface area contributed by atoms with E-state index in [-0.39, 0.29) is 12.0 Å². The van der Waals surface area contributed by atoms with Crippen molar-refractivity contribution in [2.24, 2.45) is 5.73 Å². The highest BCUT2D eigenvalue weighted by molar-refractivity contribution is 5.77. The summed E-state index contributed by atoms with van der Waals surface area (Å²) in [6.07, 6.45) is 1.28. The number of hydrogen-bond donors (Lipinski definition) is 1. The number of amides is 1. The van der Waals surface area contributed by atoms with Gasteiger partial charge in [-0.25, -0.2) is 5.06 Å². The third kappa shape index (κ3) is 1.91. The van der Waals surface area contributed by atoms with Crippen LogP contribution in [0.1, 0.15) is 19.8 Å². The van der Waals surface area contributed by atoms with Crippen LogP contribution in [0.3, 0.4) is 0 Å². The second-order valence-electron chi connectivity index (χ2n) is 2.60. The topological polar surface area (TPSA) is 55.6 Å². The van der Waals surface area contributed by atoms with Crippen LogP contribution in [-0.4, -0.2) is 30.2 Å². The summed E-state index contributed by atoms with van der Waals surface area (Å²) in [5.41, 5.74) is 5.33. The fraction of sp³-hybridized carbons (Fsp3) is 0.857. The van der Waals surface area contributed by atoms with Gasteiger partial charge >= 0.3 is 0 Å². The van der Waals surface area contributed by atoms with Gasteiger partial charge < -0.3 is 5.73 Å². The second-order valence-corrected chi connectivity index (χ2v) is 2.60. The van der Waals surface area contributed by atoms with E-state index in [1.807, 2.05) is 6.92 Å². The Hall–Kier alpha value is -0.610. The number of rotatable bonds is 3. The van der Waals surface area contributed by atoms with Gasteiger partial charge in [0.2, 0.25) is 5.91 Å². The molecule has 0 aromatic heterocycles. The predicted molar refractivity (Wildman–Crippen MR) is 40.5 cm³/mol. The summed E-state index contributed by atoms with van der Waals surface area (Å²) in [5, 5.41) is 1.40. The summed E-state index contributed by atoms with van der Waals surface area (Å²) >= 11 is 0. The minimum atomic E-state index is 0.0208. The van der Waals surface area contributed by atoms with Crippen LogP contribution in [0.4, 0.5) is 0 Å². The van der Waals surface area contributed by atoms with Gasteiger partial charge in [-0.3, -0.25) is 9.63 Å². The molecule has 11 heavy (non-hydrogen) atoms. The first-order valence-corrected chi connectivity index (χ1v) is 3.95. The molecule has 1 saturated heterocycles. The zero-order valence-corrected chi connectivity index (χ0v) is 6.75. The third-order valence-corrected chi connectivity index (χ3v) is 1.73. The largest absolute Gasteiger partial charge is 0.330 e. The molecule has 1 amide bonds. The Balaban J connectivity index is 2.36. The lowest BCUT2D eigenvalue weighted by Gasteiger charge is -2.12.